The third kappa shape index (κ3) is 1.19. The highest BCUT2D eigenvalue weighted by molar-refractivity contribution is 5.98. The predicted octanol–water partition coefficient (Wildman–Crippen LogP) is 1.93. The van der Waals surface area contributed by atoms with Gasteiger partial charge in [-0.05, 0) is 18.9 Å². The SMILES string of the molecule is CN1Cc2c(ccnc2C2CCC2)C1=O. The zero-order valence-corrected chi connectivity index (χ0v) is 8.86. The molecule has 0 spiro atoms. The minimum absolute atomic E-state index is 0.146. The van der Waals surface area contributed by atoms with Crippen molar-refractivity contribution in [2.24, 2.45) is 0 Å². The summed E-state index contributed by atoms with van der Waals surface area (Å²) in [6.07, 6.45) is 5.56. The van der Waals surface area contributed by atoms with Gasteiger partial charge in [0, 0.05) is 42.5 Å². The van der Waals surface area contributed by atoms with Crippen LogP contribution in [-0.2, 0) is 6.54 Å². The molecule has 15 heavy (non-hydrogen) atoms. The van der Waals surface area contributed by atoms with E-state index in [1.807, 2.05) is 13.1 Å². The number of pyridine rings is 1. The van der Waals surface area contributed by atoms with Gasteiger partial charge in [-0.25, -0.2) is 0 Å². The molecule has 0 aromatic carbocycles. The van der Waals surface area contributed by atoms with Crippen LogP contribution in [0, 0.1) is 0 Å². The van der Waals surface area contributed by atoms with E-state index in [-0.39, 0.29) is 5.91 Å². The summed E-state index contributed by atoms with van der Waals surface area (Å²) in [7, 11) is 1.85. The number of nitrogens with zero attached hydrogens (tertiary/aromatic N) is 2. The van der Waals surface area contributed by atoms with Crippen LogP contribution in [0.2, 0.25) is 0 Å². The van der Waals surface area contributed by atoms with Gasteiger partial charge in [-0.3, -0.25) is 9.78 Å². The van der Waals surface area contributed by atoms with E-state index in [4.69, 9.17) is 0 Å². The third-order valence-corrected chi connectivity index (χ3v) is 3.55. The standard InChI is InChI=1S/C12H14N2O/c1-14-7-10-9(12(14)15)5-6-13-11(10)8-3-2-4-8/h5-6,8H,2-4,7H2,1H3. The summed E-state index contributed by atoms with van der Waals surface area (Å²) in [6, 6.07) is 1.85. The second-order valence-electron chi connectivity index (χ2n) is 4.51. The average Bonchev–Trinajstić information content (AvgIpc) is 2.43. The van der Waals surface area contributed by atoms with Gasteiger partial charge in [0.1, 0.15) is 0 Å². The summed E-state index contributed by atoms with van der Waals surface area (Å²) in [6.45, 7) is 0.744. The number of rotatable bonds is 1. The van der Waals surface area contributed by atoms with Crippen molar-refractivity contribution in [1.82, 2.24) is 9.88 Å². The molecule has 0 unspecified atom stereocenters. The number of amides is 1. The quantitative estimate of drug-likeness (QED) is 0.697. The van der Waals surface area contributed by atoms with Gasteiger partial charge in [0.05, 0.1) is 0 Å². The van der Waals surface area contributed by atoms with Crippen LogP contribution in [0.3, 0.4) is 0 Å². The Bertz CT molecular complexity index is 424. The topological polar surface area (TPSA) is 33.2 Å². The van der Waals surface area contributed by atoms with Crippen molar-refractivity contribution in [1.29, 1.82) is 0 Å². The van der Waals surface area contributed by atoms with Crippen molar-refractivity contribution in [3.63, 3.8) is 0 Å². The minimum atomic E-state index is 0.146. The third-order valence-electron chi connectivity index (χ3n) is 3.55. The average molecular weight is 202 g/mol. The molecule has 3 nitrogen and oxygen atoms in total. The first kappa shape index (κ1) is 8.89. The second-order valence-corrected chi connectivity index (χ2v) is 4.51. The highest BCUT2D eigenvalue weighted by Crippen LogP contribution is 2.39. The fourth-order valence-corrected chi connectivity index (χ4v) is 2.42. The molecule has 0 bridgehead atoms. The summed E-state index contributed by atoms with van der Waals surface area (Å²) in [5.74, 6) is 0.757. The van der Waals surface area contributed by atoms with Crippen molar-refractivity contribution in [3.05, 3.63) is 29.1 Å². The molecular weight excluding hydrogens is 188 g/mol. The lowest BCUT2D eigenvalue weighted by atomic mass is 9.80. The Morgan fingerprint density at radius 1 is 1.47 bits per heavy atom. The molecule has 3 heteroatoms. The highest BCUT2D eigenvalue weighted by Gasteiger charge is 2.31. The van der Waals surface area contributed by atoms with E-state index >= 15 is 0 Å². The van der Waals surface area contributed by atoms with Gasteiger partial charge in [-0.15, -0.1) is 0 Å². The van der Waals surface area contributed by atoms with Crippen molar-refractivity contribution >= 4 is 5.91 Å². The summed E-state index contributed by atoms with van der Waals surface area (Å²) in [4.78, 5) is 18.0. The maximum Gasteiger partial charge on any atom is 0.254 e. The van der Waals surface area contributed by atoms with E-state index in [0.29, 0.717) is 5.92 Å². The number of carbonyl (C=O) groups excluding carboxylic acids is 1. The van der Waals surface area contributed by atoms with Crippen LogP contribution in [0.5, 0.6) is 0 Å². The van der Waals surface area contributed by atoms with E-state index in [1.165, 1.54) is 30.5 Å². The summed E-state index contributed by atoms with van der Waals surface area (Å²) >= 11 is 0. The number of aromatic nitrogens is 1. The Morgan fingerprint density at radius 3 is 2.93 bits per heavy atom. The van der Waals surface area contributed by atoms with Gasteiger partial charge in [0.25, 0.3) is 5.91 Å². The Balaban J connectivity index is 2.07. The normalized spacial score (nSPS) is 20.3. The lowest BCUT2D eigenvalue weighted by Gasteiger charge is -2.26. The molecule has 1 amide bonds. The number of hydrogen-bond donors (Lipinski definition) is 0. The Labute approximate surface area is 89.1 Å². The van der Waals surface area contributed by atoms with Gasteiger partial charge >= 0.3 is 0 Å². The van der Waals surface area contributed by atoms with Crippen LogP contribution >= 0.6 is 0 Å². The molecule has 2 aliphatic rings. The minimum Gasteiger partial charge on any atom is -0.337 e. The lowest BCUT2D eigenvalue weighted by molar-refractivity contribution is 0.0816. The highest BCUT2D eigenvalue weighted by atomic mass is 16.2. The molecule has 1 aromatic heterocycles. The molecule has 0 saturated heterocycles. The first-order valence-electron chi connectivity index (χ1n) is 5.50. The fraction of sp³-hybridized carbons (Fsp3) is 0.500. The molecule has 0 N–H and O–H groups in total. The van der Waals surface area contributed by atoms with E-state index in [0.717, 1.165) is 12.1 Å². The molecule has 0 atom stereocenters. The largest absolute Gasteiger partial charge is 0.337 e. The molecule has 1 aliphatic carbocycles. The maximum atomic E-state index is 11.8. The number of carbonyl (C=O) groups is 1. The number of hydrogen-bond acceptors (Lipinski definition) is 2. The molecule has 1 aliphatic heterocycles. The van der Waals surface area contributed by atoms with Gasteiger partial charge < -0.3 is 4.90 Å². The van der Waals surface area contributed by atoms with Crippen LogP contribution in [-0.4, -0.2) is 22.8 Å². The Morgan fingerprint density at radius 2 is 2.27 bits per heavy atom. The fourth-order valence-electron chi connectivity index (χ4n) is 2.42. The van der Waals surface area contributed by atoms with E-state index in [1.54, 1.807) is 11.1 Å². The van der Waals surface area contributed by atoms with Crippen LogP contribution in [0.15, 0.2) is 12.3 Å². The summed E-state index contributed by atoms with van der Waals surface area (Å²) < 4.78 is 0. The Kier molecular flexibility index (Phi) is 1.81. The van der Waals surface area contributed by atoms with E-state index in [9.17, 15) is 4.79 Å². The monoisotopic (exact) mass is 202 g/mol. The van der Waals surface area contributed by atoms with Gasteiger partial charge in [-0.1, -0.05) is 6.42 Å². The van der Waals surface area contributed by atoms with Gasteiger partial charge in [0.15, 0.2) is 0 Å². The van der Waals surface area contributed by atoms with Gasteiger partial charge in [0.2, 0.25) is 0 Å². The molecule has 1 fully saturated rings. The van der Waals surface area contributed by atoms with E-state index in [2.05, 4.69) is 4.98 Å². The lowest BCUT2D eigenvalue weighted by Crippen LogP contribution is -2.17. The van der Waals surface area contributed by atoms with Crippen LogP contribution in [0.25, 0.3) is 0 Å². The van der Waals surface area contributed by atoms with Crippen LogP contribution in [0.1, 0.15) is 46.8 Å². The zero-order valence-electron chi connectivity index (χ0n) is 8.86. The number of fused-ring (bicyclic) bond motifs is 1. The molecule has 1 aromatic rings. The summed E-state index contributed by atoms with van der Waals surface area (Å²) in [5.41, 5.74) is 3.22. The smallest absolute Gasteiger partial charge is 0.254 e. The van der Waals surface area contributed by atoms with Gasteiger partial charge in [-0.2, -0.15) is 0 Å². The van der Waals surface area contributed by atoms with Crippen molar-refractivity contribution in [2.45, 2.75) is 31.7 Å². The first-order valence-corrected chi connectivity index (χ1v) is 5.50. The second kappa shape index (κ2) is 3.05. The molecule has 1 saturated carbocycles. The molecular formula is C12H14N2O. The zero-order chi connectivity index (χ0) is 10.4. The molecule has 3 rings (SSSR count). The Hall–Kier alpha value is -1.38. The van der Waals surface area contributed by atoms with Crippen molar-refractivity contribution in [2.75, 3.05) is 7.05 Å². The van der Waals surface area contributed by atoms with E-state index < -0.39 is 0 Å². The van der Waals surface area contributed by atoms with Crippen LogP contribution in [0.4, 0.5) is 0 Å². The predicted molar refractivity (Wildman–Crippen MR) is 56.6 cm³/mol. The van der Waals surface area contributed by atoms with Crippen molar-refractivity contribution in [3.8, 4) is 0 Å². The summed E-state index contributed by atoms with van der Waals surface area (Å²) in [5, 5.41) is 0. The molecule has 78 valence electrons. The first-order chi connectivity index (χ1) is 7.27. The maximum absolute atomic E-state index is 11.8. The molecule has 2 heterocycles. The molecule has 0 radical (unpaired) electrons. The van der Waals surface area contributed by atoms with Crippen molar-refractivity contribution < 1.29 is 4.79 Å². The van der Waals surface area contributed by atoms with Crippen LogP contribution < -0.4 is 0 Å².